The maximum atomic E-state index is 12.7. The van der Waals surface area contributed by atoms with Crippen molar-refractivity contribution < 1.29 is 13.3 Å². The molecule has 2 aromatic rings. The van der Waals surface area contributed by atoms with Crippen LogP contribution >= 0.6 is 27.5 Å². The largest absolute Gasteiger partial charge is 0.329 e. The van der Waals surface area contributed by atoms with Crippen LogP contribution in [0.4, 0.5) is 0 Å². The molecule has 0 bridgehead atoms. The second kappa shape index (κ2) is 7.54. The predicted octanol–water partition coefficient (Wildman–Crippen LogP) is 2.19. The van der Waals surface area contributed by atoms with E-state index < -0.39 is 10.0 Å². The summed E-state index contributed by atoms with van der Waals surface area (Å²) in [4.78, 5) is 1.70. The molecule has 0 atom stereocenters. The van der Waals surface area contributed by atoms with Gasteiger partial charge in [-0.15, -0.1) is 0 Å². The molecule has 7 heteroatoms. The molecule has 0 radical (unpaired) electrons. The number of rotatable bonds is 4. The molecule has 0 saturated carbocycles. The van der Waals surface area contributed by atoms with Crippen LogP contribution in [0.3, 0.4) is 0 Å². The van der Waals surface area contributed by atoms with Gasteiger partial charge in [-0.3, -0.25) is 0 Å². The maximum Gasteiger partial charge on any atom is 0.243 e. The smallest absolute Gasteiger partial charge is 0.243 e. The number of benzene rings is 2. The molecule has 0 aromatic heterocycles. The minimum Gasteiger partial charge on any atom is -0.329 e. The molecule has 1 aliphatic rings. The number of hydrogen-bond acceptors (Lipinski definition) is 2. The number of sulfonamides is 1. The number of hydrogen-bond donors (Lipinski definition) is 1. The first kappa shape index (κ1) is 17.9. The highest BCUT2D eigenvalue weighted by Crippen LogP contribution is 2.19. The summed E-state index contributed by atoms with van der Waals surface area (Å²) in [5.74, 6) is 0. The lowest BCUT2D eigenvalue weighted by atomic mass is 10.2. The Labute approximate surface area is 156 Å². The molecule has 0 amide bonds. The van der Waals surface area contributed by atoms with Crippen LogP contribution < -0.4 is 4.90 Å². The minimum atomic E-state index is -3.43. The van der Waals surface area contributed by atoms with Gasteiger partial charge in [0.25, 0.3) is 0 Å². The Kier molecular flexibility index (Phi) is 5.62. The predicted molar refractivity (Wildman–Crippen MR) is 98.8 cm³/mol. The van der Waals surface area contributed by atoms with Gasteiger partial charge < -0.3 is 4.90 Å². The van der Waals surface area contributed by atoms with Crippen molar-refractivity contribution in [3.63, 3.8) is 0 Å². The fraction of sp³-hybridized carbons (Fsp3) is 0.294. The highest BCUT2D eigenvalue weighted by Gasteiger charge is 2.30. The van der Waals surface area contributed by atoms with E-state index in [4.69, 9.17) is 11.6 Å². The van der Waals surface area contributed by atoms with E-state index in [2.05, 4.69) is 22.0 Å². The van der Waals surface area contributed by atoms with E-state index in [1.54, 1.807) is 28.6 Å². The number of halogens is 2. The van der Waals surface area contributed by atoms with Gasteiger partial charge in [0.1, 0.15) is 6.54 Å². The van der Waals surface area contributed by atoms with Gasteiger partial charge in [-0.1, -0.05) is 45.7 Å². The van der Waals surface area contributed by atoms with Gasteiger partial charge >= 0.3 is 0 Å². The summed E-state index contributed by atoms with van der Waals surface area (Å²) < 4.78 is 28.0. The van der Waals surface area contributed by atoms with E-state index in [1.165, 1.54) is 10.5 Å². The molecular weight excluding hydrogens is 412 g/mol. The normalized spacial score (nSPS) is 17.1. The lowest BCUT2D eigenvalue weighted by Crippen LogP contribution is -3.13. The molecular formula is C17H19BrClN2O2S+. The van der Waals surface area contributed by atoms with E-state index in [-0.39, 0.29) is 0 Å². The summed E-state index contributed by atoms with van der Waals surface area (Å²) in [5, 5.41) is 0.539. The second-order valence-corrected chi connectivity index (χ2v) is 9.10. The van der Waals surface area contributed by atoms with E-state index in [0.29, 0.717) is 23.0 Å². The Morgan fingerprint density at radius 2 is 1.67 bits per heavy atom. The van der Waals surface area contributed by atoms with Gasteiger partial charge in [-0.05, 0) is 30.3 Å². The van der Waals surface area contributed by atoms with Crippen molar-refractivity contribution in [2.75, 3.05) is 26.2 Å². The van der Waals surface area contributed by atoms with Gasteiger partial charge in [-0.25, -0.2) is 8.42 Å². The summed E-state index contributed by atoms with van der Waals surface area (Å²) >= 11 is 9.41. The summed E-state index contributed by atoms with van der Waals surface area (Å²) in [6.45, 7) is 3.56. The van der Waals surface area contributed by atoms with E-state index >= 15 is 0 Å². The van der Waals surface area contributed by atoms with Crippen LogP contribution in [0.1, 0.15) is 5.56 Å². The summed E-state index contributed by atoms with van der Waals surface area (Å²) in [6, 6.07) is 14.5. The van der Waals surface area contributed by atoms with Crippen LogP contribution in [0.25, 0.3) is 0 Å². The van der Waals surface area contributed by atoms with E-state index in [1.807, 2.05) is 18.2 Å². The standard InChI is InChI=1S/C17H18BrClN2O2S/c18-17-4-2-1-3-14(17)13-20-9-11-21(12-10-20)24(22,23)16-7-5-15(19)6-8-16/h1-8H,9-13H2/p+1. The molecule has 2 aromatic carbocycles. The molecule has 0 spiro atoms. The Hall–Kier alpha value is -0.920. The zero-order chi connectivity index (χ0) is 17.2. The molecule has 0 unspecified atom stereocenters. The van der Waals surface area contributed by atoms with Gasteiger partial charge in [0.2, 0.25) is 10.0 Å². The molecule has 1 heterocycles. The molecule has 1 N–H and O–H groups in total. The first-order valence-electron chi connectivity index (χ1n) is 7.79. The average molecular weight is 431 g/mol. The molecule has 1 saturated heterocycles. The maximum absolute atomic E-state index is 12.7. The average Bonchev–Trinajstić information content (AvgIpc) is 2.58. The molecule has 1 aliphatic heterocycles. The van der Waals surface area contributed by atoms with E-state index in [0.717, 1.165) is 24.1 Å². The van der Waals surface area contributed by atoms with Crippen molar-refractivity contribution in [1.82, 2.24) is 4.31 Å². The van der Waals surface area contributed by atoms with Gasteiger partial charge in [-0.2, -0.15) is 4.31 Å². The zero-order valence-corrected chi connectivity index (χ0v) is 16.2. The Balaban J connectivity index is 1.64. The van der Waals surface area contributed by atoms with Crippen LogP contribution in [0.5, 0.6) is 0 Å². The summed E-state index contributed by atoms with van der Waals surface area (Å²) in [6.07, 6.45) is 0. The van der Waals surface area contributed by atoms with Crippen molar-refractivity contribution >= 4 is 37.6 Å². The molecule has 128 valence electrons. The lowest BCUT2D eigenvalue weighted by Gasteiger charge is -2.31. The fourth-order valence-electron chi connectivity index (χ4n) is 2.89. The van der Waals surface area contributed by atoms with Crippen molar-refractivity contribution in [2.24, 2.45) is 0 Å². The Morgan fingerprint density at radius 3 is 2.29 bits per heavy atom. The SMILES string of the molecule is O=S(=O)(c1ccc(Cl)cc1)N1CC[NH+](Cc2ccccc2Br)CC1. The van der Waals surface area contributed by atoms with Crippen molar-refractivity contribution in [3.8, 4) is 0 Å². The molecule has 0 aliphatic carbocycles. The van der Waals surface area contributed by atoms with Crippen LogP contribution in [0.15, 0.2) is 57.9 Å². The van der Waals surface area contributed by atoms with Crippen molar-refractivity contribution in [2.45, 2.75) is 11.4 Å². The van der Waals surface area contributed by atoms with E-state index in [9.17, 15) is 8.42 Å². The van der Waals surface area contributed by atoms with Crippen LogP contribution in [-0.4, -0.2) is 38.9 Å². The van der Waals surface area contributed by atoms with Gasteiger partial charge in [0, 0.05) is 15.1 Å². The topological polar surface area (TPSA) is 41.8 Å². The molecule has 4 nitrogen and oxygen atoms in total. The lowest BCUT2D eigenvalue weighted by molar-refractivity contribution is -0.917. The molecule has 1 fully saturated rings. The van der Waals surface area contributed by atoms with Crippen molar-refractivity contribution in [1.29, 1.82) is 0 Å². The highest BCUT2D eigenvalue weighted by molar-refractivity contribution is 9.10. The van der Waals surface area contributed by atoms with Crippen LogP contribution in [0.2, 0.25) is 5.02 Å². The Morgan fingerprint density at radius 1 is 1.04 bits per heavy atom. The monoisotopic (exact) mass is 429 g/mol. The quantitative estimate of drug-likeness (QED) is 0.808. The van der Waals surface area contributed by atoms with Gasteiger partial charge in [0.15, 0.2) is 0 Å². The van der Waals surface area contributed by atoms with Crippen molar-refractivity contribution in [3.05, 3.63) is 63.6 Å². The number of nitrogens with one attached hydrogen (secondary N) is 1. The highest BCUT2D eigenvalue weighted by atomic mass is 79.9. The number of nitrogens with zero attached hydrogens (tertiary/aromatic N) is 1. The number of piperazine rings is 1. The first-order chi connectivity index (χ1) is 11.5. The third kappa shape index (κ3) is 4.00. The summed E-state index contributed by atoms with van der Waals surface area (Å²) in [7, 11) is -3.43. The first-order valence-corrected chi connectivity index (χ1v) is 10.4. The number of quaternary nitrogens is 1. The minimum absolute atomic E-state index is 0.307. The second-order valence-electron chi connectivity index (χ2n) is 5.88. The third-order valence-corrected chi connectivity index (χ3v) is 7.22. The Bertz CT molecular complexity index is 804. The fourth-order valence-corrected chi connectivity index (χ4v) is 4.88. The van der Waals surface area contributed by atoms with Crippen LogP contribution in [-0.2, 0) is 16.6 Å². The molecule has 24 heavy (non-hydrogen) atoms. The van der Waals surface area contributed by atoms with Gasteiger partial charge in [0.05, 0.1) is 31.1 Å². The summed E-state index contributed by atoms with van der Waals surface area (Å²) in [5.41, 5.74) is 1.25. The van der Waals surface area contributed by atoms with Crippen LogP contribution in [0, 0.1) is 0 Å². The molecule has 3 rings (SSSR count). The zero-order valence-electron chi connectivity index (χ0n) is 13.1. The third-order valence-electron chi connectivity index (χ3n) is 4.28.